The van der Waals surface area contributed by atoms with Gasteiger partial charge in [0.15, 0.2) is 0 Å². The molecule has 0 aromatic heterocycles. The number of benzene rings is 1. The lowest BCUT2D eigenvalue weighted by Gasteiger charge is -2.13. The van der Waals surface area contributed by atoms with Crippen molar-refractivity contribution >= 4 is 35.0 Å². The number of halogens is 1. The van der Waals surface area contributed by atoms with Gasteiger partial charge >= 0.3 is 11.8 Å². The summed E-state index contributed by atoms with van der Waals surface area (Å²) in [6.07, 6.45) is 0. The predicted molar refractivity (Wildman–Crippen MR) is 84.9 cm³/mol. The molecule has 8 nitrogen and oxygen atoms in total. The Kier molecular flexibility index (Phi) is 7.14. The average molecular weight is 344 g/mol. The van der Waals surface area contributed by atoms with E-state index in [9.17, 15) is 14.4 Å². The van der Waals surface area contributed by atoms with E-state index >= 15 is 0 Å². The molecule has 9 heteroatoms. The first-order chi connectivity index (χ1) is 10.9. The first-order valence-electron chi connectivity index (χ1n) is 6.64. The number of rotatable bonds is 6. The van der Waals surface area contributed by atoms with Crippen molar-refractivity contribution in [3.05, 3.63) is 17.2 Å². The molecule has 3 N–H and O–H groups in total. The third kappa shape index (κ3) is 5.67. The number of ether oxygens (including phenoxy) is 2. The van der Waals surface area contributed by atoms with Crippen molar-refractivity contribution in [2.75, 3.05) is 32.6 Å². The highest BCUT2D eigenvalue weighted by molar-refractivity contribution is 6.40. The quantitative estimate of drug-likeness (QED) is 0.516. The molecule has 0 saturated carbocycles. The average Bonchev–Trinajstić information content (AvgIpc) is 2.52. The number of nitrogens with one attached hydrogen (secondary N) is 3. The van der Waals surface area contributed by atoms with E-state index in [0.717, 1.165) is 0 Å². The van der Waals surface area contributed by atoms with Gasteiger partial charge in [0.25, 0.3) is 0 Å². The highest BCUT2D eigenvalue weighted by Crippen LogP contribution is 2.35. The second-order valence-corrected chi connectivity index (χ2v) is 4.79. The molecule has 1 aromatic carbocycles. The van der Waals surface area contributed by atoms with Crippen LogP contribution in [0.4, 0.5) is 5.69 Å². The van der Waals surface area contributed by atoms with E-state index < -0.39 is 11.8 Å². The van der Waals surface area contributed by atoms with Crippen LogP contribution in [0.15, 0.2) is 12.1 Å². The molecule has 0 bridgehead atoms. The van der Waals surface area contributed by atoms with E-state index in [1.807, 2.05) is 0 Å². The number of methoxy groups -OCH3 is 2. The Balaban J connectivity index is 2.69. The summed E-state index contributed by atoms with van der Waals surface area (Å²) >= 11 is 5.96. The maximum absolute atomic E-state index is 11.9. The largest absolute Gasteiger partial charge is 0.495 e. The number of carbonyl (C=O) groups excluding carboxylic acids is 3. The Morgan fingerprint density at radius 3 is 2.17 bits per heavy atom. The molecule has 0 saturated heterocycles. The fourth-order valence-electron chi connectivity index (χ4n) is 1.63. The van der Waals surface area contributed by atoms with Crippen LogP contribution in [0, 0.1) is 0 Å². The summed E-state index contributed by atoms with van der Waals surface area (Å²) in [7, 11) is 2.83. The third-order valence-electron chi connectivity index (χ3n) is 2.71. The molecule has 1 aromatic rings. The molecule has 23 heavy (non-hydrogen) atoms. The van der Waals surface area contributed by atoms with Crippen LogP contribution in [-0.4, -0.2) is 45.0 Å². The molecule has 0 atom stereocenters. The summed E-state index contributed by atoms with van der Waals surface area (Å²) in [6.45, 7) is 1.72. The Labute approximate surface area is 138 Å². The molecule has 0 aliphatic carbocycles. The first kappa shape index (κ1) is 18.6. The summed E-state index contributed by atoms with van der Waals surface area (Å²) in [6, 6.07) is 2.91. The smallest absolute Gasteiger partial charge is 0.313 e. The zero-order valence-corrected chi connectivity index (χ0v) is 13.7. The molecule has 0 unspecified atom stereocenters. The Bertz CT molecular complexity index is 606. The van der Waals surface area contributed by atoms with Gasteiger partial charge in [-0.3, -0.25) is 14.4 Å². The normalized spacial score (nSPS) is 9.74. The van der Waals surface area contributed by atoms with Crippen LogP contribution >= 0.6 is 11.6 Å². The molecule has 0 heterocycles. The van der Waals surface area contributed by atoms with E-state index in [2.05, 4.69) is 16.0 Å². The number of anilines is 1. The van der Waals surface area contributed by atoms with Crippen LogP contribution in [0.3, 0.4) is 0 Å². The fourth-order valence-corrected chi connectivity index (χ4v) is 1.86. The van der Waals surface area contributed by atoms with Crippen LogP contribution in [0.1, 0.15) is 6.92 Å². The van der Waals surface area contributed by atoms with Crippen molar-refractivity contribution < 1.29 is 23.9 Å². The Hall–Kier alpha value is -2.48. The van der Waals surface area contributed by atoms with Crippen LogP contribution < -0.4 is 25.4 Å². The molecule has 126 valence electrons. The zero-order valence-electron chi connectivity index (χ0n) is 13.0. The number of hydrogen-bond donors (Lipinski definition) is 3. The van der Waals surface area contributed by atoms with Crippen LogP contribution in [-0.2, 0) is 14.4 Å². The van der Waals surface area contributed by atoms with Gasteiger partial charge in [0.2, 0.25) is 5.91 Å². The van der Waals surface area contributed by atoms with Gasteiger partial charge in [-0.1, -0.05) is 11.6 Å². The molecular weight excluding hydrogens is 326 g/mol. The van der Waals surface area contributed by atoms with Crippen LogP contribution in [0.5, 0.6) is 11.5 Å². The van der Waals surface area contributed by atoms with Crippen LogP contribution in [0.2, 0.25) is 5.02 Å². The SMILES string of the molecule is COc1cc(NC(=O)C(=O)NCCNC(C)=O)c(OC)cc1Cl. The molecule has 1 rings (SSSR count). The van der Waals surface area contributed by atoms with Crippen molar-refractivity contribution in [1.82, 2.24) is 10.6 Å². The van der Waals surface area contributed by atoms with Crippen molar-refractivity contribution in [3.63, 3.8) is 0 Å². The van der Waals surface area contributed by atoms with Crippen molar-refractivity contribution in [2.24, 2.45) is 0 Å². The summed E-state index contributed by atoms with van der Waals surface area (Å²) in [5.74, 6) is -1.33. The molecular formula is C14H18ClN3O5. The van der Waals surface area contributed by atoms with E-state index in [4.69, 9.17) is 21.1 Å². The van der Waals surface area contributed by atoms with Crippen LogP contribution in [0.25, 0.3) is 0 Å². The minimum absolute atomic E-state index is 0.132. The molecule has 0 radical (unpaired) electrons. The predicted octanol–water partition coefficient (Wildman–Crippen LogP) is 0.548. The Morgan fingerprint density at radius 2 is 1.61 bits per heavy atom. The summed E-state index contributed by atoms with van der Waals surface area (Å²) in [5, 5.41) is 7.58. The summed E-state index contributed by atoms with van der Waals surface area (Å²) < 4.78 is 10.1. The fraction of sp³-hybridized carbons (Fsp3) is 0.357. The van der Waals surface area contributed by atoms with E-state index in [0.29, 0.717) is 10.8 Å². The maximum Gasteiger partial charge on any atom is 0.313 e. The topological polar surface area (TPSA) is 106 Å². The highest BCUT2D eigenvalue weighted by atomic mass is 35.5. The lowest BCUT2D eigenvalue weighted by Crippen LogP contribution is -2.39. The lowest BCUT2D eigenvalue weighted by molar-refractivity contribution is -0.136. The summed E-state index contributed by atoms with van der Waals surface area (Å²) in [4.78, 5) is 34.2. The standard InChI is InChI=1S/C14H18ClN3O5/c1-8(19)16-4-5-17-13(20)14(21)18-10-7-11(22-2)9(15)6-12(10)23-3/h6-7H,4-5H2,1-3H3,(H,16,19)(H,17,20)(H,18,21). The molecule has 0 fully saturated rings. The monoisotopic (exact) mass is 343 g/mol. The van der Waals surface area contributed by atoms with Gasteiger partial charge in [0.05, 0.1) is 24.9 Å². The molecule has 0 spiro atoms. The van der Waals surface area contributed by atoms with Crippen molar-refractivity contribution in [2.45, 2.75) is 6.92 Å². The number of carbonyl (C=O) groups is 3. The molecule has 0 aliphatic heterocycles. The highest BCUT2D eigenvalue weighted by Gasteiger charge is 2.17. The number of amides is 3. The molecule has 0 aliphatic rings. The van der Waals surface area contributed by atoms with Gasteiger partial charge in [0, 0.05) is 32.1 Å². The van der Waals surface area contributed by atoms with Gasteiger partial charge in [0.1, 0.15) is 11.5 Å². The third-order valence-corrected chi connectivity index (χ3v) is 3.01. The van der Waals surface area contributed by atoms with Gasteiger partial charge < -0.3 is 25.4 Å². The number of hydrogen-bond acceptors (Lipinski definition) is 5. The Morgan fingerprint density at radius 1 is 1.00 bits per heavy atom. The maximum atomic E-state index is 11.9. The lowest BCUT2D eigenvalue weighted by atomic mass is 10.2. The minimum Gasteiger partial charge on any atom is -0.495 e. The van der Waals surface area contributed by atoms with Crippen molar-refractivity contribution in [3.8, 4) is 11.5 Å². The minimum atomic E-state index is -0.879. The van der Waals surface area contributed by atoms with Gasteiger partial charge in [-0.25, -0.2) is 0 Å². The second-order valence-electron chi connectivity index (χ2n) is 4.38. The van der Waals surface area contributed by atoms with Gasteiger partial charge in [-0.15, -0.1) is 0 Å². The van der Waals surface area contributed by atoms with Crippen molar-refractivity contribution in [1.29, 1.82) is 0 Å². The van der Waals surface area contributed by atoms with E-state index in [1.165, 1.54) is 33.3 Å². The first-order valence-corrected chi connectivity index (χ1v) is 7.02. The van der Waals surface area contributed by atoms with E-state index in [-0.39, 0.29) is 30.4 Å². The van der Waals surface area contributed by atoms with E-state index in [1.54, 1.807) is 0 Å². The van der Waals surface area contributed by atoms with Gasteiger partial charge in [-0.05, 0) is 0 Å². The molecule has 3 amide bonds. The second kappa shape index (κ2) is 8.84. The summed E-state index contributed by atoms with van der Waals surface area (Å²) in [5.41, 5.74) is 0.246. The zero-order chi connectivity index (χ0) is 17.4. The van der Waals surface area contributed by atoms with Gasteiger partial charge in [-0.2, -0.15) is 0 Å².